The van der Waals surface area contributed by atoms with Gasteiger partial charge in [-0.25, -0.2) is 47.0 Å². The number of aliphatic carboxylic acids is 1. The highest BCUT2D eigenvalue weighted by molar-refractivity contribution is 6.74. The highest BCUT2D eigenvalue weighted by Gasteiger charge is 2.43. The van der Waals surface area contributed by atoms with E-state index in [2.05, 4.69) is 114 Å². The Hall–Kier alpha value is -13.5. The van der Waals surface area contributed by atoms with Crippen LogP contribution in [0.15, 0.2) is 202 Å². The summed E-state index contributed by atoms with van der Waals surface area (Å²) in [6.07, 6.45) is -1.34. The number of methoxy groups -OCH3 is 3. The lowest BCUT2D eigenvalue weighted by molar-refractivity contribution is -0.138. The zero-order valence-corrected chi connectivity index (χ0v) is 79.8. The average molecular weight is 1960 g/mol. The van der Waals surface area contributed by atoms with Crippen LogP contribution in [0.3, 0.4) is 0 Å². The van der Waals surface area contributed by atoms with Crippen molar-refractivity contribution in [3.8, 4) is 51.6 Å². The molecule has 1 aliphatic carbocycles. The second kappa shape index (κ2) is 43.9. The van der Waals surface area contributed by atoms with E-state index in [0.29, 0.717) is 87.5 Å². The van der Waals surface area contributed by atoms with E-state index in [-0.39, 0.29) is 96.0 Å². The zero-order chi connectivity index (χ0) is 100.0. The van der Waals surface area contributed by atoms with Gasteiger partial charge in [-0.05, 0) is 182 Å². The summed E-state index contributed by atoms with van der Waals surface area (Å²) in [6.45, 7) is 21.8. The van der Waals surface area contributed by atoms with Gasteiger partial charge in [-0.15, -0.1) is 0 Å². The largest absolute Gasteiger partial charge is 0.497 e. The molecule has 0 radical (unpaired) electrons. The number of benzene rings is 9. The third-order valence-corrected chi connectivity index (χ3v) is 33.2. The number of hydrogen-bond donors (Lipinski definition) is 5. The normalized spacial score (nSPS) is 13.8. The number of nitrogens with zero attached hydrogens (tertiary/aromatic N) is 11. The van der Waals surface area contributed by atoms with E-state index in [4.69, 9.17) is 37.3 Å². The van der Waals surface area contributed by atoms with Gasteiger partial charge >= 0.3 is 24.5 Å². The van der Waals surface area contributed by atoms with Gasteiger partial charge in [0.25, 0.3) is 11.8 Å². The second-order valence-corrected chi connectivity index (χ2v) is 45.0. The summed E-state index contributed by atoms with van der Waals surface area (Å²) in [4.78, 5) is 55.5. The molecule has 0 saturated heterocycles. The second-order valence-electron chi connectivity index (χ2n) is 35.4. The molecule has 3 atom stereocenters. The number of aliphatic hydroxyl groups excluding tert-OH is 1. The molecule has 3 unspecified atom stereocenters. The SMILES string of the molecule is COc1cc(NC(C(=O)N2CCc3ccc(C(F)(F)F)cc32)c2ccc(F)cc2OCCO)cc(-n2cncn2)c1.COc1cc(NC(C(=O)N2CCc3ccc(C(F)(F)F)cc32)c2ccc(F)cc2OCCO[Si](C)(C)C(C)(C)C)cc(-n2cncn2)c1.COc1cc(NC(C(=O)O)c2ccc(F)cc2OCCO[Si](C)(C)C(C)(C)C)cc(-n2cncn2)c1.FC(F)(F)c1ccc2c(c1)CCC2. The molecule has 27 nitrogen and oxygen atoms in total. The number of aromatic nitrogens is 9. The number of halogens is 12. The van der Waals surface area contributed by atoms with Crippen molar-refractivity contribution in [3.63, 3.8) is 0 Å². The molecule has 3 aliphatic rings. The Bertz CT molecular complexity index is 6200. The number of fused-ring (bicyclic) bond motifs is 3. The van der Waals surface area contributed by atoms with Crippen molar-refractivity contribution >= 4 is 62.9 Å². The summed E-state index contributed by atoms with van der Waals surface area (Å²) < 4.78 is 212. The maximum Gasteiger partial charge on any atom is 0.416 e. The van der Waals surface area contributed by atoms with E-state index in [1.54, 1.807) is 60.7 Å². The molecule has 0 fully saturated rings. The van der Waals surface area contributed by atoms with Crippen LogP contribution in [0.1, 0.15) is 122 Å². The fourth-order valence-corrected chi connectivity index (χ4v) is 16.9. The number of hydrogen-bond acceptors (Lipinski definition) is 21. The van der Waals surface area contributed by atoms with Crippen molar-refractivity contribution in [2.24, 2.45) is 0 Å². The lowest BCUT2D eigenvalue weighted by Gasteiger charge is -2.36. The number of carboxylic acid groups (broad SMARTS) is 1. The molecule has 3 aromatic heterocycles. The Balaban J connectivity index is 0.000000175. The Kier molecular flexibility index (Phi) is 32.9. The first kappa shape index (κ1) is 103. The number of carbonyl (C=O) groups is 3. The van der Waals surface area contributed by atoms with Crippen LogP contribution in [0, 0.1) is 17.5 Å². The molecule has 5 heterocycles. The van der Waals surface area contributed by atoms with E-state index in [0.717, 1.165) is 66.8 Å². The molecule has 41 heteroatoms. The van der Waals surface area contributed by atoms with Crippen molar-refractivity contribution in [1.82, 2.24) is 44.3 Å². The molecule has 2 aliphatic heterocycles. The fourth-order valence-electron chi connectivity index (χ4n) is 14.8. The molecule has 9 aromatic carbocycles. The van der Waals surface area contributed by atoms with Crippen molar-refractivity contribution in [2.45, 2.75) is 147 Å². The van der Waals surface area contributed by atoms with Crippen LogP contribution >= 0.6 is 0 Å². The first-order chi connectivity index (χ1) is 65.2. The van der Waals surface area contributed by atoms with E-state index in [9.17, 15) is 77.3 Å². The summed E-state index contributed by atoms with van der Waals surface area (Å²) in [5, 5.41) is 41.1. The number of carbonyl (C=O) groups excluding carboxylic acids is 2. The minimum Gasteiger partial charge on any atom is -0.497 e. The number of amides is 2. The maximum absolute atomic E-state index is 14.7. The van der Waals surface area contributed by atoms with Crippen LogP contribution in [0.2, 0.25) is 36.3 Å². The Morgan fingerprint density at radius 2 is 0.739 bits per heavy atom. The van der Waals surface area contributed by atoms with E-state index in [1.807, 2.05) is 0 Å². The number of carboxylic acids is 1. The van der Waals surface area contributed by atoms with Gasteiger partial charge in [-0.2, -0.15) is 54.8 Å². The standard InChI is InChI=1S/C34H39F4N5O4Si.C28H25F4N5O4.C25H33FN4O5Si.C10H9F3/c1-33(2,3)48(5,6)47-14-13-46-30-16-24(35)9-10-28(30)31(41-25-17-26(19-27(18-25)45-4)43-21-39-20-40-43)32(44)42-12-11-22-7-8-23(15-29(22)42)34(36,37)38;1-40-22-13-20(12-21(14-22)37-16-33-15-34-37)35-26(23-5-4-19(29)11-25(23)41-9-8-38)27(39)36-7-6-17-2-3-18(10-24(17)36)28(30,31)32;1-25(2,3)36(5,6)35-10-9-34-22-11-17(26)7-8-21(22)23(24(31)32)29-18-12-19(14-20(13-18)33-4)30-16-27-15-28-30;11-10(12,13)9-5-4-7-2-1-3-8(7)6-9/h7-10,15-21,31,41H,11-14H2,1-6H3;2-5,10-16,26,35,38H,6-9H2,1H3;7-8,11-16,23,29H,9-10H2,1-6H3,(H,31,32);4-6H,1-3H2. The number of anilines is 5. The average Bonchev–Trinajstić information content (AvgIpc) is 1.63. The molecule has 734 valence electrons. The van der Waals surface area contributed by atoms with Gasteiger partial charge in [0.1, 0.15) is 122 Å². The molecule has 0 bridgehead atoms. The summed E-state index contributed by atoms with van der Waals surface area (Å²) in [6, 6.07) is 33.5. The summed E-state index contributed by atoms with van der Waals surface area (Å²) >= 11 is 0. The molecule has 15 rings (SSSR count). The van der Waals surface area contributed by atoms with Gasteiger partial charge in [0, 0.05) is 113 Å². The predicted molar refractivity (Wildman–Crippen MR) is 498 cm³/mol. The molecule has 5 N–H and O–H groups in total. The van der Waals surface area contributed by atoms with Crippen LogP contribution in [-0.4, -0.2) is 163 Å². The fraction of sp³-hybridized carbons (Fsp3) is 0.351. The zero-order valence-electron chi connectivity index (χ0n) is 77.8. The third-order valence-electron chi connectivity index (χ3n) is 24.1. The van der Waals surface area contributed by atoms with Crippen molar-refractivity contribution in [2.75, 3.05) is 99.8 Å². The van der Waals surface area contributed by atoms with E-state index < -0.39 is 105 Å². The first-order valence-electron chi connectivity index (χ1n) is 43.8. The summed E-state index contributed by atoms with van der Waals surface area (Å²) in [5.74, 6) is -2.46. The van der Waals surface area contributed by atoms with Gasteiger partial charge in [-0.3, -0.25) is 9.59 Å². The lowest BCUT2D eigenvalue weighted by Crippen LogP contribution is -2.41. The Morgan fingerprint density at radius 3 is 1.07 bits per heavy atom. The lowest BCUT2D eigenvalue weighted by atomic mass is 10.0. The minimum absolute atomic E-state index is 0.00671. The molecule has 0 saturated carbocycles. The van der Waals surface area contributed by atoms with Gasteiger partial charge in [-0.1, -0.05) is 59.7 Å². The number of nitrogens with one attached hydrogen (secondary N) is 3. The Morgan fingerprint density at radius 1 is 0.406 bits per heavy atom. The van der Waals surface area contributed by atoms with Crippen LogP contribution in [-0.2, 0) is 67.4 Å². The number of alkyl halides is 9. The maximum atomic E-state index is 14.7. The molecule has 138 heavy (non-hydrogen) atoms. The minimum atomic E-state index is -4.59. The number of rotatable bonds is 31. The van der Waals surface area contributed by atoms with Crippen LogP contribution in [0.5, 0.6) is 34.5 Å². The molecule has 0 spiro atoms. The quantitative estimate of drug-likeness (QED) is 0.0153. The van der Waals surface area contributed by atoms with Crippen molar-refractivity contribution in [1.29, 1.82) is 0 Å². The molecular weight excluding hydrogens is 1850 g/mol. The van der Waals surface area contributed by atoms with E-state index in [1.165, 1.54) is 150 Å². The monoisotopic (exact) mass is 1960 g/mol. The highest BCUT2D eigenvalue weighted by atomic mass is 28.4. The molecule has 12 aromatic rings. The smallest absolute Gasteiger partial charge is 0.416 e. The van der Waals surface area contributed by atoms with Gasteiger partial charge in [0.05, 0.1) is 74.9 Å². The van der Waals surface area contributed by atoms with Gasteiger partial charge in [0.15, 0.2) is 22.7 Å². The van der Waals surface area contributed by atoms with Crippen LogP contribution < -0.4 is 54.2 Å². The number of aryl methyl sites for hydroxylation is 2. The van der Waals surface area contributed by atoms with Gasteiger partial charge in [0.2, 0.25) is 0 Å². The third kappa shape index (κ3) is 26.0. The highest BCUT2D eigenvalue weighted by Crippen LogP contribution is 2.46. The molecule has 2 amide bonds. The van der Waals surface area contributed by atoms with Crippen molar-refractivity contribution in [3.05, 3.63) is 275 Å². The van der Waals surface area contributed by atoms with E-state index >= 15 is 0 Å². The molecular formula is C97H106F12N14O13Si2. The summed E-state index contributed by atoms with van der Waals surface area (Å²) in [5.41, 5.74) is 5.03. The number of aliphatic hydroxyl groups is 1. The topological polar surface area (TPSA) is 300 Å². The van der Waals surface area contributed by atoms with Crippen LogP contribution in [0.25, 0.3) is 17.1 Å². The van der Waals surface area contributed by atoms with Crippen molar-refractivity contribution < 1.29 is 115 Å². The summed E-state index contributed by atoms with van der Waals surface area (Å²) in [7, 11) is 0.390. The Labute approximate surface area is 790 Å². The number of ether oxygens (including phenoxy) is 6. The van der Waals surface area contributed by atoms with Crippen LogP contribution in [0.4, 0.5) is 81.1 Å². The first-order valence-corrected chi connectivity index (χ1v) is 49.6. The predicted octanol–water partition coefficient (Wildman–Crippen LogP) is 20.4. The van der Waals surface area contributed by atoms with Gasteiger partial charge < -0.3 is 73.2 Å².